The van der Waals surface area contributed by atoms with Crippen molar-refractivity contribution in [3.05, 3.63) is 11.8 Å². The van der Waals surface area contributed by atoms with Gasteiger partial charge < -0.3 is 10.6 Å². The largest absolute Gasteiger partial charge is 0.433 e. The van der Waals surface area contributed by atoms with E-state index in [1.807, 2.05) is 6.92 Å². The number of halogens is 3. The molecule has 1 aliphatic carbocycles. The van der Waals surface area contributed by atoms with E-state index in [0.29, 0.717) is 19.0 Å². The van der Waals surface area contributed by atoms with Crippen molar-refractivity contribution in [2.75, 3.05) is 23.7 Å². The van der Waals surface area contributed by atoms with Crippen molar-refractivity contribution in [2.45, 2.75) is 45.2 Å². The number of aromatic nitrogens is 2. The average Bonchev–Trinajstić information content (AvgIpc) is 2.38. The fraction of sp³-hybridized carbons (Fsp3) is 0.714. The monoisotopic (exact) mass is 302 g/mol. The number of anilines is 2. The zero-order chi connectivity index (χ0) is 15.3. The minimum atomic E-state index is -4.46. The summed E-state index contributed by atoms with van der Waals surface area (Å²) >= 11 is 0. The lowest BCUT2D eigenvalue weighted by atomic mass is 9.83. The number of hydrogen-bond donors (Lipinski definition) is 2. The summed E-state index contributed by atoms with van der Waals surface area (Å²) in [6, 6.07) is 0.970. The molecule has 1 aliphatic rings. The molecule has 2 N–H and O–H groups in total. The van der Waals surface area contributed by atoms with E-state index in [2.05, 4.69) is 20.6 Å². The Morgan fingerprint density at radius 1 is 1.19 bits per heavy atom. The van der Waals surface area contributed by atoms with Crippen LogP contribution in [0.3, 0.4) is 0 Å². The molecule has 1 heterocycles. The predicted molar refractivity (Wildman–Crippen MR) is 76.3 cm³/mol. The van der Waals surface area contributed by atoms with Crippen molar-refractivity contribution in [3.8, 4) is 0 Å². The lowest BCUT2D eigenvalue weighted by molar-refractivity contribution is -0.141. The maximum atomic E-state index is 12.8. The van der Waals surface area contributed by atoms with Gasteiger partial charge in [-0.15, -0.1) is 0 Å². The first kappa shape index (κ1) is 15.9. The van der Waals surface area contributed by atoms with Crippen LogP contribution in [0.1, 0.15) is 44.7 Å². The molecule has 0 aromatic carbocycles. The Kier molecular flexibility index (Phi) is 5.25. The third-order valence-electron chi connectivity index (χ3n) is 3.63. The molecule has 7 heteroatoms. The third kappa shape index (κ3) is 4.75. The Hall–Kier alpha value is -1.53. The molecule has 0 amide bonds. The van der Waals surface area contributed by atoms with Gasteiger partial charge in [0.1, 0.15) is 5.82 Å². The summed E-state index contributed by atoms with van der Waals surface area (Å²) in [7, 11) is 0. The standard InChI is InChI=1S/C14H21F3N4/c1-2-7-19-13-20-11(14(15,16)17)9-12(21-13)18-8-6-10-4-3-5-10/h9-10H,2-8H2,1H3,(H2,18,19,20,21). The van der Waals surface area contributed by atoms with Gasteiger partial charge in [-0.1, -0.05) is 26.2 Å². The predicted octanol–water partition coefficient (Wildman–Crippen LogP) is 3.92. The molecule has 0 aliphatic heterocycles. The van der Waals surface area contributed by atoms with E-state index >= 15 is 0 Å². The van der Waals surface area contributed by atoms with Gasteiger partial charge in [-0.25, -0.2) is 4.98 Å². The average molecular weight is 302 g/mol. The van der Waals surface area contributed by atoms with E-state index in [-0.39, 0.29) is 11.8 Å². The summed E-state index contributed by atoms with van der Waals surface area (Å²) in [5.41, 5.74) is -0.915. The molecule has 2 rings (SSSR count). The highest BCUT2D eigenvalue weighted by molar-refractivity contribution is 5.43. The zero-order valence-electron chi connectivity index (χ0n) is 12.1. The number of alkyl halides is 3. The molecule has 1 fully saturated rings. The van der Waals surface area contributed by atoms with Crippen LogP contribution in [-0.4, -0.2) is 23.1 Å². The first-order chi connectivity index (χ1) is 9.99. The quantitative estimate of drug-likeness (QED) is 0.801. The van der Waals surface area contributed by atoms with Crippen LogP contribution in [0.2, 0.25) is 0 Å². The van der Waals surface area contributed by atoms with Crippen molar-refractivity contribution < 1.29 is 13.2 Å². The molecule has 0 saturated heterocycles. The fourth-order valence-corrected chi connectivity index (χ4v) is 2.18. The molecule has 0 radical (unpaired) electrons. The van der Waals surface area contributed by atoms with Gasteiger partial charge in [0.05, 0.1) is 0 Å². The van der Waals surface area contributed by atoms with Crippen LogP contribution >= 0.6 is 0 Å². The van der Waals surface area contributed by atoms with Crippen LogP contribution in [-0.2, 0) is 6.18 Å². The molecule has 0 atom stereocenters. The minimum Gasteiger partial charge on any atom is -0.370 e. The van der Waals surface area contributed by atoms with Crippen LogP contribution in [0.5, 0.6) is 0 Å². The SMILES string of the molecule is CCCNc1nc(NCCC2CCC2)cc(C(F)(F)F)n1. The first-order valence-corrected chi connectivity index (χ1v) is 7.43. The van der Waals surface area contributed by atoms with E-state index < -0.39 is 11.9 Å². The van der Waals surface area contributed by atoms with Gasteiger partial charge in [0, 0.05) is 19.2 Å². The van der Waals surface area contributed by atoms with Gasteiger partial charge >= 0.3 is 6.18 Å². The smallest absolute Gasteiger partial charge is 0.370 e. The Morgan fingerprint density at radius 2 is 1.95 bits per heavy atom. The van der Waals surface area contributed by atoms with E-state index in [9.17, 15) is 13.2 Å². The Labute approximate surface area is 122 Å². The highest BCUT2D eigenvalue weighted by Gasteiger charge is 2.33. The minimum absolute atomic E-state index is 0.0258. The normalized spacial score (nSPS) is 15.6. The maximum absolute atomic E-state index is 12.8. The molecular weight excluding hydrogens is 281 g/mol. The molecule has 4 nitrogen and oxygen atoms in total. The summed E-state index contributed by atoms with van der Waals surface area (Å²) in [4.78, 5) is 7.62. The molecule has 1 saturated carbocycles. The van der Waals surface area contributed by atoms with Crippen LogP contribution in [0, 0.1) is 5.92 Å². The highest BCUT2D eigenvalue weighted by atomic mass is 19.4. The Morgan fingerprint density at radius 3 is 2.52 bits per heavy atom. The molecular formula is C14H21F3N4. The van der Waals surface area contributed by atoms with Crippen molar-refractivity contribution in [1.29, 1.82) is 0 Å². The number of nitrogens with zero attached hydrogens (tertiary/aromatic N) is 2. The lowest BCUT2D eigenvalue weighted by Crippen LogP contribution is -2.18. The second-order valence-corrected chi connectivity index (χ2v) is 5.40. The number of nitrogens with one attached hydrogen (secondary N) is 2. The molecule has 0 unspecified atom stereocenters. The molecule has 0 spiro atoms. The number of hydrogen-bond acceptors (Lipinski definition) is 4. The van der Waals surface area contributed by atoms with Crippen molar-refractivity contribution >= 4 is 11.8 Å². The molecule has 118 valence electrons. The van der Waals surface area contributed by atoms with Crippen molar-refractivity contribution in [3.63, 3.8) is 0 Å². The molecule has 1 aromatic heterocycles. The van der Waals surface area contributed by atoms with Crippen molar-refractivity contribution in [2.24, 2.45) is 5.92 Å². The zero-order valence-corrected chi connectivity index (χ0v) is 12.1. The van der Waals surface area contributed by atoms with E-state index in [4.69, 9.17) is 0 Å². The van der Waals surface area contributed by atoms with Gasteiger partial charge in [0.15, 0.2) is 5.69 Å². The van der Waals surface area contributed by atoms with Gasteiger partial charge in [0.25, 0.3) is 0 Å². The highest BCUT2D eigenvalue weighted by Crippen LogP contribution is 2.31. The van der Waals surface area contributed by atoms with E-state index in [1.165, 1.54) is 19.3 Å². The summed E-state index contributed by atoms with van der Waals surface area (Å²) in [6.45, 7) is 3.12. The van der Waals surface area contributed by atoms with E-state index in [1.54, 1.807) is 0 Å². The molecule has 21 heavy (non-hydrogen) atoms. The second-order valence-electron chi connectivity index (χ2n) is 5.40. The summed E-state index contributed by atoms with van der Waals surface area (Å²) in [5, 5.41) is 5.79. The van der Waals surface area contributed by atoms with Gasteiger partial charge in [-0.3, -0.25) is 0 Å². The number of rotatable bonds is 7. The van der Waals surface area contributed by atoms with Gasteiger partial charge in [0.2, 0.25) is 5.95 Å². The van der Waals surface area contributed by atoms with Gasteiger partial charge in [-0.2, -0.15) is 18.2 Å². The molecule has 1 aromatic rings. The van der Waals surface area contributed by atoms with Crippen LogP contribution < -0.4 is 10.6 Å². The van der Waals surface area contributed by atoms with Gasteiger partial charge in [-0.05, 0) is 18.8 Å². The summed E-state index contributed by atoms with van der Waals surface area (Å²) in [6.07, 6.45) is 1.02. The third-order valence-corrected chi connectivity index (χ3v) is 3.63. The lowest BCUT2D eigenvalue weighted by Gasteiger charge is -2.25. The first-order valence-electron chi connectivity index (χ1n) is 7.43. The molecule has 0 bridgehead atoms. The summed E-state index contributed by atoms with van der Waals surface area (Å²) < 4.78 is 38.5. The maximum Gasteiger partial charge on any atom is 0.433 e. The summed E-state index contributed by atoms with van der Waals surface area (Å²) in [5.74, 6) is 0.965. The van der Waals surface area contributed by atoms with Crippen LogP contribution in [0.15, 0.2) is 6.07 Å². The fourth-order valence-electron chi connectivity index (χ4n) is 2.18. The second kappa shape index (κ2) is 6.95. The van der Waals surface area contributed by atoms with Crippen LogP contribution in [0.4, 0.5) is 24.9 Å². The topological polar surface area (TPSA) is 49.8 Å². The van der Waals surface area contributed by atoms with Crippen LogP contribution in [0.25, 0.3) is 0 Å². The van der Waals surface area contributed by atoms with Crippen molar-refractivity contribution in [1.82, 2.24) is 9.97 Å². The van der Waals surface area contributed by atoms with E-state index in [0.717, 1.165) is 18.9 Å². The Balaban J connectivity index is 2.02. The Bertz CT molecular complexity index is 458.